The summed E-state index contributed by atoms with van der Waals surface area (Å²) in [5, 5.41) is 9.00. The predicted octanol–water partition coefficient (Wildman–Crippen LogP) is 2.85. The molecule has 0 aromatic heterocycles. The van der Waals surface area contributed by atoms with Gasteiger partial charge in [-0.3, -0.25) is 0 Å². The van der Waals surface area contributed by atoms with Crippen LogP contribution in [-0.4, -0.2) is 0 Å². The van der Waals surface area contributed by atoms with Gasteiger partial charge in [0.1, 0.15) is 6.07 Å². The molecule has 0 aliphatic heterocycles. The molecule has 0 aliphatic carbocycles. The van der Waals surface area contributed by atoms with Crippen LogP contribution in [0.25, 0.3) is 6.08 Å². The fourth-order valence-corrected chi connectivity index (χ4v) is 0.980. The Morgan fingerprint density at radius 2 is 2.27 bits per heavy atom. The molecule has 0 radical (unpaired) electrons. The van der Waals surface area contributed by atoms with Gasteiger partial charge in [-0.15, -0.1) is 0 Å². The van der Waals surface area contributed by atoms with Crippen LogP contribution >= 0.6 is 11.6 Å². The first kappa shape index (κ1) is 7.84. The maximum absolute atomic E-state index is 8.52. The Balaban J connectivity index is 3.22. The van der Waals surface area contributed by atoms with Crippen molar-refractivity contribution in [3.05, 3.63) is 40.9 Å². The summed E-state index contributed by atoms with van der Waals surface area (Å²) in [5.41, 5.74) is 1.42. The summed E-state index contributed by atoms with van der Waals surface area (Å²) in [7, 11) is 0. The number of halogens is 1. The number of hydrogen-bond acceptors (Lipinski definition) is 1. The van der Waals surface area contributed by atoms with E-state index >= 15 is 0 Å². The summed E-state index contributed by atoms with van der Waals surface area (Å²) in [6.45, 7) is 3.59. The minimum atomic E-state index is 0.477. The SMILES string of the molecule is C=Cc1ccc(C#N)c(Cl)c1. The number of hydrogen-bond donors (Lipinski definition) is 0. The largest absolute Gasteiger partial charge is 0.192 e. The Morgan fingerprint density at radius 3 is 2.73 bits per heavy atom. The van der Waals surface area contributed by atoms with E-state index in [-0.39, 0.29) is 0 Å². The van der Waals surface area contributed by atoms with Crippen molar-refractivity contribution in [3.63, 3.8) is 0 Å². The molecule has 0 heterocycles. The molecular weight excluding hydrogens is 158 g/mol. The van der Waals surface area contributed by atoms with E-state index in [0.29, 0.717) is 10.6 Å². The molecule has 0 bridgehead atoms. The third kappa shape index (κ3) is 1.60. The van der Waals surface area contributed by atoms with Crippen molar-refractivity contribution in [2.24, 2.45) is 0 Å². The molecule has 54 valence electrons. The first-order chi connectivity index (χ1) is 5.27. The smallest absolute Gasteiger partial charge is 0.101 e. The van der Waals surface area contributed by atoms with Crippen LogP contribution in [0.2, 0.25) is 5.02 Å². The highest BCUT2D eigenvalue weighted by atomic mass is 35.5. The van der Waals surface area contributed by atoms with Crippen molar-refractivity contribution in [2.75, 3.05) is 0 Å². The molecule has 11 heavy (non-hydrogen) atoms. The number of nitriles is 1. The Hall–Kier alpha value is -1.26. The number of nitrogens with zero attached hydrogens (tertiary/aromatic N) is 1. The summed E-state index contributed by atoms with van der Waals surface area (Å²) >= 11 is 5.74. The van der Waals surface area contributed by atoms with Crippen LogP contribution in [0.3, 0.4) is 0 Å². The minimum Gasteiger partial charge on any atom is -0.192 e. The minimum absolute atomic E-state index is 0.477. The van der Waals surface area contributed by atoms with Crippen molar-refractivity contribution < 1.29 is 0 Å². The summed E-state index contributed by atoms with van der Waals surface area (Å²) in [6, 6.07) is 7.18. The lowest BCUT2D eigenvalue weighted by Gasteiger charge is -1.95. The first-order valence-corrected chi connectivity index (χ1v) is 3.48. The van der Waals surface area contributed by atoms with E-state index in [9.17, 15) is 0 Å². The lowest BCUT2D eigenvalue weighted by Crippen LogP contribution is -1.77. The molecule has 0 saturated carbocycles. The summed E-state index contributed by atoms with van der Waals surface area (Å²) < 4.78 is 0. The molecule has 0 saturated heterocycles. The molecule has 1 aromatic carbocycles. The van der Waals surface area contributed by atoms with E-state index < -0.39 is 0 Å². The van der Waals surface area contributed by atoms with E-state index in [1.165, 1.54) is 0 Å². The lowest BCUT2D eigenvalue weighted by atomic mass is 10.1. The van der Waals surface area contributed by atoms with Crippen LogP contribution < -0.4 is 0 Å². The molecule has 0 fully saturated rings. The van der Waals surface area contributed by atoms with Gasteiger partial charge in [0.25, 0.3) is 0 Å². The van der Waals surface area contributed by atoms with Crippen LogP contribution in [0.1, 0.15) is 11.1 Å². The van der Waals surface area contributed by atoms with E-state index in [0.717, 1.165) is 5.56 Å². The van der Waals surface area contributed by atoms with E-state index in [1.807, 2.05) is 6.07 Å². The van der Waals surface area contributed by atoms with Crippen LogP contribution in [-0.2, 0) is 0 Å². The highest BCUT2D eigenvalue weighted by Crippen LogP contribution is 2.17. The average Bonchev–Trinajstić information content (AvgIpc) is 2.04. The fourth-order valence-electron chi connectivity index (χ4n) is 0.749. The zero-order valence-corrected chi connectivity index (χ0v) is 6.60. The van der Waals surface area contributed by atoms with Gasteiger partial charge in [-0.05, 0) is 17.7 Å². The standard InChI is InChI=1S/C9H6ClN/c1-2-7-3-4-8(6-11)9(10)5-7/h2-5H,1H2. The fraction of sp³-hybridized carbons (Fsp3) is 0. The molecule has 0 spiro atoms. The monoisotopic (exact) mass is 163 g/mol. The van der Waals surface area contributed by atoms with Crippen LogP contribution in [0.5, 0.6) is 0 Å². The second-order valence-electron chi connectivity index (χ2n) is 2.06. The van der Waals surface area contributed by atoms with Crippen molar-refractivity contribution in [3.8, 4) is 6.07 Å². The van der Waals surface area contributed by atoms with Crippen molar-refractivity contribution in [1.82, 2.24) is 0 Å². The van der Waals surface area contributed by atoms with Gasteiger partial charge in [0.05, 0.1) is 10.6 Å². The van der Waals surface area contributed by atoms with Gasteiger partial charge in [0, 0.05) is 0 Å². The molecular formula is C9H6ClN. The second-order valence-corrected chi connectivity index (χ2v) is 2.46. The van der Waals surface area contributed by atoms with Crippen molar-refractivity contribution in [1.29, 1.82) is 5.26 Å². The van der Waals surface area contributed by atoms with Gasteiger partial charge in [-0.25, -0.2) is 0 Å². The van der Waals surface area contributed by atoms with Gasteiger partial charge in [0.15, 0.2) is 0 Å². The molecule has 1 aromatic rings. The quantitative estimate of drug-likeness (QED) is 0.625. The predicted molar refractivity (Wildman–Crippen MR) is 46.3 cm³/mol. The van der Waals surface area contributed by atoms with E-state index in [2.05, 4.69) is 6.58 Å². The zero-order chi connectivity index (χ0) is 8.27. The summed E-state index contributed by atoms with van der Waals surface area (Å²) in [5.74, 6) is 0. The third-order valence-corrected chi connectivity index (χ3v) is 1.66. The average molecular weight is 164 g/mol. The van der Waals surface area contributed by atoms with Gasteiger partial charge < -0.3 is 0 Å². The summed E-state index contributed by atoms with van der Waals surface area (Å²) in [6.07, 6.45) is 1.69. The number of benzene rings is 1. The molecule has 1 nitrogen and oxygen atoms in total. The van der Waals surface area contributed by atoms with E-state index in [1.54, 1.807) is 24.3 Å². The lowest BCUT2D eigenvalue weighted by molar-refractivity contribution is 1.48. The Kier molecular flexibility index (Phi) is 2.30. The molecule has 2 heteroatoms. The normalized spacial score (nSPS) is 8.73. The zero-order valence-electron chi connectivity index (χ0n) is 5.84. The molecule has 0 N–H and O–H groups in total. The Morgan fingerprint density at radius 1 is 1.55 bits per heavy atom. The molecule has 0 aliphatic rings. The van der Waals surface area contributed by atoms with Gasteiger partial charge >= 0.3 is 0 Å². The summed E-state index contributed by atoms with van der Waals surface area (Å²) in [4.78, 5) is 0. The van der Waals surface area contributed by atoms with Crippen molar-refractivity contribution >= 4 is 17.7 Å². The molecule has 0 atom stereocenters. The first-order valence-electron chi connectivity index (χ1n) is 3.10. The van der Waals surface area contributed by atoms with Crippen LogP contribution in [0.15, 0.2) is 24.8 Å². The highest BCUT2D eigenvalue weighted by molar-refractivity contribution is 6.31. The van der Waals surface area contributed by atoms with E-state index in [4.69, 9.17) is 16.9 Å². The Bertz CT molecular complexity index is 323. The van der Waals surface area contributed by atoms with Gasteiger partial charge in [0.2, 0.25) is 0 Å². The molecule has 0 amide bonds. The Labute approximate surface area is 70.5 Å². The third-order valence-electron chi connectivity index (χ3n) is 1.35. The van der Waals surface area contributed by atoms with Crippen LogP contribution in [0, 0.1) is 11.3 Å². The maximum atomic E-state index is 8.52. The van der Waals surface area contributed by atoms with Gasteiger partial charge in [-0.1, -0.05) is 30.3 Å². The maximum Gasteiger partial charge on any atom is 0.101 e. The van der Waals surface area contributed by atoms with Crippen LogP contribution in [0.4, 0.5) is 0 Å². The topological polar surface area (TPSA) is 23.8 Å². The number of rotatable bonds is 1. The second kappa shape index (κ2) is 3.23. The highest BCUT2D eigenvalue weighted by Gasteiger charge is 1.97. The van der Waals surface area contributed by atoms with Crippen molar-refractivity contribution in [2.45, 2.75) is 0 Å². The molecule has 0 unspecified atom stereocenters. The molecule has 1 rings (SSSR count). The van der Waals surface area contributed by atoms with Gasteiger partial charge in [-0.2, -0.15) is 5.26 Å².